The molecular formula is C15H23N3O2. The summed E-state index contributed by atoms with van der Waals surface area (Å²) in [5.41, 5.74) is 6.30. The van der Waals surface area contributed by atoms with E-state index in [4.69, 9.17) is 10.5 Å². The highest BCUT2D eigenvalue weighted by Gasteiger charge is 2.27. The van der Waals surface area contributed by atoms with Gasteiger partial charge in [0.05, 0.1) is 0 Å². The molecule has 0 saturated carbocycles. The molecule has 1 fully saturated rings. The van der Waals surface area contributed by atoms with Gasteiger partial charge in [0.1, 0.15) is 5.82 Å². The number of amides is 1. The summed E-state index contributed by atoms with van der Waals surface area (Å²) in [6.45, 7) is 1.58. The van der Waals surface area contributed by atoms with E-state index in [9.17, 15) is 4.79 Å². The van der Waals surface area contributed by atoms with E-state index in [1.807, 2.05) is 4.90 Å². The molecule has 1 aliphatic rings. The second-order valence-electron chi connectivity index (χ2n) is 5.25. The molecule has 0 radical (unpaired) electrons. The van der Waals surface area contributed by atoms with Crippen molar-refractivity contribution >= 4 is 11.7 Å². The topological polar surface area (TPSA) is 68.5 Å². The first-order chi connectivity index (χ1) is 9.72. The number of pyridine rings is 1. The Balaban J connectivity index is 2.05. The maximum atomic E-state index is 12.6. The van der Waals surface area contributed by atoms with Crippen LogP contribution in [0, 0.1) is 0 Å². The van der Waals surface area contributed by atoms with Crippen LogP contribution in [0.1, 0.15) is 42.5 Å². The van der Waals surface area contributed by atoms with Gasteiger partial charge in [-0.25, -0.2) is 4.98 Å². The lowest BCUT2D eigenvalue weighted by molar-refractivity contribution is 0.0585. The van der Waals surface area contributed by atoms with Crippen LogP contribution in [-0.4, -0.2) is 42.1 Å². The van der Waals surface area contributed by atoms with Crippen molar-refractivity contribution in [3.05, 3.63) is 23.9 Å². The third-order valence-corrected chi connectivity index (χ3v) is 3.80. The number of hydrogen-bond acceptors (Lipinski definition) is 4. The fourth-order valence-corrected chi connectivity index (χ4v) is 2.78. The van der Waals surface area contributed by atoms with Gasteiger partial charge in [-0.05, 0) is 44.2 Å². The number of rotatable bonds is 5. The third kappa shape index (κ3) is 3.70. The highest BCUT2D eigenvalue weighted by molar-refractivity contribution is 5.95. The van der Waals surface area contributed by atoms with E-state index in [2.05, 4.69) is 4.98 Å². The molecular weight excluding hydrogens is 254 g/mol. The summed E-state index contributed by atoms with van der Waals surface area (Å²) < 4.78 is 5.10. The number of carbonyl (C=O) groups excluding carboxylic acids is 1. The maximum absolute atomic E-state index is 12.6. The average molecular weight is 277 g/mol. The van der Waals surface area contributed by atoms with Crippen molar-refractivity contribution in [2.24, 2.45) is 0 Å². The zero-order valence-corrected chi connectivity index (χ0v) is 12.0. The summed E-state index contributed by atoms with van der Waals surface area (Å²) in [4.78, 5) is 18.5. The molecule has 5 nitrogen and oxygen atoms in total. The largest absolute Gasteiger partial charge is 0.385 e. The molecule has 0 bridgehead atoms. The summed E-state index contributed by atoms with van der Waals surface area (Å²) in [6.07, 6.45) is 6.93. The van der Waals surface area contributed by atoms with Crippen LogP contribution in [0.2, 0.25) is 0 Å². The summed E-state index contributed by atoms with van der Waals surface area (Å²) in [7, 11) is 1.71. The molecule has 1 aromatic heterocycles. The number of ether oxygens (including phenoxy) is 1. The number of nitrogen functional groups attached to an aromatic ring is 1. The third-order valence-electron chi connectivity index (χ3n) is 3.80. The van der Waals surface area contributed by atoms with Crippen LogP contribution in [0.3, 0.4) is 0 Å². The van der Waals surface area contributed by atoms with Crippen molar-refractivity contribution in [1.29, 1.82) is 0 Å². The molecule has 1 unspecified atom stereocenters. The van der Waals surface area contributed by atoms with Crippen LogP contribution >= 0.6 is 0 Å². The van der Waals surface area contributed by atoms with Gasteiger partial charge in [-0.1, -0.05) is 0 Å². The molecule has 1 atom stereocenters. The molecule has 0 spiro atoms. The van der Waals surface area contributed by atoms with Crippen LogP contribution in [0.25, 0.3) is 0 Å². The van der Waals surface area contributed by atoms with Gasteiger partial charge in [-0.15, -0.1) is 0 Å². The molecule has 20 heavy (non-hydrogen) atoms. The highest BCUT2D eigenvalue weighted by atomic mass is 16.5. The number of methoxy groups -OCH3 is 1. The Morgan fingerprint density at radius 3 is 3.15 bits per heavy atom. The van der Waals surface area contributed by atoms with E-state index in [0.29, 0.717) is 17.4 Å². The normalized spacial score (nSPS) is 19.1. The van der Waals surface area contributed by atoms with Crippen LogP contribution in [0.4, 0.5) is 5.82 Å². The standard InChI is InChI=1S/C15H23N3O2/c1-20-10-4-6-13-5-2-3-9-18(13)15(19)12-7-8-17-14(16)11-12/h7-8,11,13H,2-6,9-10H2,1H3,(H2,16,17). The predicted octanol–water partition coefficient (Wildman–Crippen LogP) is 2.09. The number of hydrogen-bond donors (Lipinski definition) is 1. The molecule has 5 heteroatoms. The molecule has 1 aliphatic heterocycles. The SMILES string of the molecule is COCCCC1CCCCN1C(=O)c1ccnc(N)c1. The Kier molecular flexibility index (Phi) is 5.35. The smallest absolute Gasteiger partial charge is 0.254 e. The zero-order valence-electron chi connectivity index (χ0n) is 12.0. The Morgan fingerprint density at radius 2 is 2.40 bits per heavy atom. The van der Waals surface area contributed by atoms with Crippen LogP contribution in [0.5, 0.6) is 0 Å². The van der Waals surface area contributed by atoms with E-state index in [1.165, 1.54) is 6.42 Å². The molecule has 2 heterocycles. The van der Waals surface area contributed by atoms with Crippen molar-refractivity contribution in [2.45, 2.75) is 38.1 Å². The number of anilines is 1. The summed E-state index contributed by atoms with van der Waals surface area (Å²) in [5.74, 6) is 0.463. The van der Waals surface area contributed by atoms with E-state index < -0.39 is 0 Å². The number of carbonyl (C=O) groups is 1. The first kappa shape index (κ1) is 14.8. The van der Waals surface area contributed by atoms with E-state index >= 15 is 0 Å². The average Bonchev–Trinajstić information content (AvgIpc) is 2.47. The highest BCUT2D eigenvalue weighted by Crippen LogP contribution is 2.23. The van der Waals surface area contributed by atoms with Crippen molar-refractivity contribution in [3.8, 4) is 0 Å². The van der Waals surface area contributed by atoms with Gasteiger partial charge in [-0.2, -0.15) is 0 Å². The van der Waals surface area contributed by atoms with Crippen molar-refractivity contribution in [1.82, 2.24) is 9.88 Å². The van der Waals surface area contributed by atoms with Gasteiger partial charge >= 0.3 is 0 Å². The second-order valence-corrected chi connectivity index (χ2v) is 5.25. The Hall–Kier alpha value is -1.62. The van der Waals surface area contributed by atoms with Crippen molar-refractivity contribution in [2.75, 3.05) is 26.0 Å². The van der Waals surface area contributed by atoms with Gasteiger partial charge in [0.15, 0.2) is 0 Å². The maximum Gasteiger partial charge on any atom is 0.254 e. The van der Waals surface area contributed by atoms with Crippen molar-refractivity contribution in [3.63, 3.8) is 0 Å². The van der Waals surface area contributed by atoms with Gasteiger partial charge in [0, 0.05) is 38.1 Å². The molecule has 1 saturated heterocycles. The quantitative estimate of drug-likeness (QED) is 0.837. The van der Waals surface area contributed by atoms with E-state index in [-0.39, 0.29) is 5.91 Å². The number of piperidine rings is 1. The van der Waals surface area contributed by atoms with E-state index in [1.54, 1.807) is 25.4 Å². The lowest BCUT2D eigenvalue weighted by atomic mass is 9.97. The minimum atomic E-state index is 0.0706. The minimum absolute atomic E-state index is 0.0706. The molecule has 1 amide bonds. The van der Waals surface area contributed by atoms with Crippen LogP contribution < -0.4 is 5.73 Å². The lowest BCUT2D eigenvalue weighted by Crippen LogP contribution is -2.43. The fraction of sp³-hybridized carbons (Fsp3) is 0.600. The fourth-order valence-electron chi connectivity index (χ4n) is 2.78. The van der Waals surface area contributed by atoms with Gasteiger partial charge in [0.25, 0.3) is 5.91 Å². The number of nitrogens with zero attached hydrogens (tertiary/aromatic N) is 2. The number of likely N-dealkylation sites (tertiary alicyclic amines) is 1. The molecule has 0 aromatic carbocycles. The molecule has 110 valence electrons. The Bertz CT molecular complexity index is 450. The zero-order chi connectivity index (χ0) is 14.4. The minimum Gasteiger partial charge on any atom is -0.385 e. The second kappa shape index (κ2) is 7.24. The first-order valence-electron chi connectivity index (χ1n) is 7.24. The summed E-state index contributed by atoms with van der Waals surface area (Å²) >= 11 is 0. The number of nitrogens with two attached hydrogens (primary N) is 1. The van der Waals surface area contributed by atoms with Gasteiger partial charge < -0.3 is 15.4 Å². The predicted molar refractivity (Wildman–Crippen MR) is 78.4 cm³/mol. The summed E-state index contributed by atoms with van der Waals surface area (Å²) in [6, 6.07) is 3.71. The van der Waals surface area contributed by atoms with Gasteiger partial charge in [-0.3, -0.25) is 4.79 Å². The lowest BCUT2D eigenvalue weighted by Gasteiger charge is -2.36. The molecule has 2 N–H and O–H groups in total. The monoisotopic (exact) mass is 277 g/mol. The van der Waals surface area contributed by atoms with Crippen LogP contribution in [-0.2, 0) is 4.74 Å². The molecule has 1 aromatic rings. The van der Waals surface area contributed by atoms with E-state index in [0.717, 1.165) is 38.8 Å². The first-order valence-corrected chi connectivity index (χ1v) is 7.24. The number of aromatic nitrogens is 1. The van der Waals surface area contributed by atoms with Crippen molar-refractivity contribution < 1.29 is 9.53 Å². The Morgan fingerprint density at radius 1 is 1.55 bits per heavy atom. The molecule has 2 rings (SSSR count). The van der Waals surface area contributed by atoms with Gasteiger partial charge in [0.2, 0.25) is 0 Å². The summed E-state index contributed by atoms with van der Waals surface area (Å²) in [5, 5.41) is 0. The Labute approximate surface area is 120 Å². The van der Waals surface area contributed by atoms with Crippen LogP contribution in [0.15, 0.2) is 18.3 Å². The molecule has 0 aliphatic carbocycles.